The van der Waals surface area contributed by atoms with Crippen LogP contribution in [0, 0.1) is 10.1 Å². The van der Waals surface area contributed by atoms with E-state index in [0.29, 0.717) is 17.0 Å². The van der Waals surface area contributed by atoms with Crippen LogP contribution in [0.4, 0.5) is 28.8 Å². The van der Waals surface area contributed by atoms with Crippen molar-refractivity contribution < 1.29 is 4.92 Å². The molecular weight excluding hydrogens is 346 g/mol. The second kappa shape index (κ2) is 7.00. The maximum Gasteiger partial charge on any atom is 0.353 e. The summed E-state index contributed by atoms with van der Waals surface area (Å²) in [5, 5.41) is 18.5. The number of nitrogens with one attached hydrogen (secondary N) is 2. The maximum atomic E-state index is 11.7. The van der Waals surface area contributed by atoms with E-state index in [1.165, 1.54) is 6.33 Å². The van der Waals surface area contributed by atoms with Crippen molar-refractivity contribution in [2.75, 3.05) is 10.6 Å². The van der Waals surface area contributed by atoms with Crippen molar-refractivity contribution in [2.45, 2.75) is 0 Å². The number of pyridine rings is 2. The van der Waals surface area contributed by atoms with Gasteiger partial charge in [0.2, 0.25) is 11.6 Å². The largest absolute Gasteiger partial charge is 0.353 e. The first-order valence-corrected chi connectivity index (χ1v) is 8.00. The highest BCUT2D eigenvalue weighted by atomic mass is 16.6. The summed E-state index contributed by atoms with van der Waals surface area (Å²) in [6.07, 6.45) is 4.49. The summed E-state index contributed by atoms with van der Waals surface area (Å²) >= 11 is 0. The normalized spacial score (nSPS) is 10.5. The lowest BCUT2D eigenvalue weighted by atomic mass is 10.2. The lowest BCUT2D eigenvalue weighted by molar-refractivity contribution is -0.383. The number of nitrogens with zero attached hydrogens (tertiary/aromatic N) is 5. The molecule has 27 heavy (non-hydrogen) atoms. The summed E-state index contributed by atoms with van der Waals surface area (Å²) in [7, 11) is 0. The molecule has 0 saturated carbocycles. The van der Waals surface area contributed by atoms with E-state index in [9.17, 15) is 10.1 Å². The molecule has 1 aromatic carbocycles. The first kappa shape index (κ1) is 16.3. The van der Waals surface area contributed by atoms with Crippen LogP contribution in [0.2, 0.25) is 0 Å². The molecular formula is C18H13N7O2. The SMILES string of the molecule is O=[N+]([O-])c1c(Nc2ccccn2)ncnc1Nc1cccc2cccnc12. The van der Waals surface area contributed by atoms with E-state index in [1.54, 1.807) is 36.7 Å². The molecule has 0 fully saturated rings. The van der Waals surface area contributed by atoms with Gasteiger partial charge in [0.25, 0.3) is 0 Å². The van der Waals surface area contributed by atoms with Gasteiger partial charge in [-0.15, -0.1) is 0 Å². The zero-order valence-electron chi connectivity index (χ0n) is 13.9. The van der Waals surface area contributed by atoms with Crippen molar-refractivity contribution >= 4 is 39.7 Å². The zero-order valence-corrected chi connectivity index (χ0v) is 13.9. The molecule has 2 N–H and O–H groups in total. The van der Waals surface area contributed by atoms with E-state index in [2.05, 4.69) is 30.6 Å². The number of anilines is 4. The van der Waals surface area contributed by atoms with Gasteiger partial charge in [0, 0.05) is 17.8 Å². The van der Waals surface area contributed by atoms with Gasteiger partial charge in [-0.2, -0.15) is 0 Å². The molecule has 0 unspecified atom stereocenters. The Labute approximate surface area is 153 Å². The minimum atomic E-state index is -0.536. The predicted molar refractivity (Wildman–Crippen MR) is 101 cm³/mol. The molecule has 4 aromatic rings. The molecule has 0 aliphatic heterocycles. The quantitative estimate of drug-likeness (QED) is 0.408. The number of fused-ring (bicyclic) bond motifs is 1. The van der Waals surface area contributed by atoms with Crippen molar-refractivity contribution in [1.82, 2.24) is 19.9 Å². The summed E-state index contributed by atoms with van der Waals surface area (Å²) in [4.78, 5) is 27.7. The molecule has 0 bridgehead atoms. The molecule has 0 radical (unpaired) electrons. The van der Waals surface area contributed by atoms with Crippen LogP contribution in [0.5, 0.6) is 0 Å². The molecule has 9 nitrogen and oxygen atoms in total. The molecule has 0 spiro atoms. The Bertz CT molecular complexity index is 1110. The standard InChI is InChI=1S/C18H13N7O2/c26-25(27)16-17(21-11-22-18(16)24-14-8-1-2-9-19-14)23-13-7-3-5-12-6-4-10-20-15(12)13/h1-11H,(H2,19,21,22,23,24). The Morgan fingerprint density at radius 3 is 2.37 bits per heavy atom. The van der Waals surface area contributed by atoms with Crippen LogP contribution in [-0.4, -0.2) is 24.9 Å². The second-order valence-electron chi connectivity index (χ2n) is 5.52. The fraction of sp³-hybridized carbons (Fsp3) is 0. The Kier molecular flexibility index (Phi) is 4.24. The minimum absolute atomic E-state index is 0.0457. The second-order valence-corrected chi connectivity index (χ2v) is 5.52. The number of aromatic nitrogens is 4. The summed E-state index contributed by atoms with van der Waals surface area (Å²) in [5.41, 5.74) is 1.02. The minimum Gasteiger partial charge on any atom is -0.332 e. The summed E-state index contributed by atoms with van der Waals surface area (Å²) in [6, 6.07) is 14.5. The highest BCUT2D eigenvalue weighted by Gasteiger charge is 2.24. The Morgan fingerprint density at radius 1 is 0.815 bits per heavy atom. The number of hydrogen-bond acceptors (Lipinski definition) is 8. The van der Waals surface area contributed by atoms with Crippen molar-refractivity contribution in [3.63, 3.8) is 0 Å². The molecule has 0 amide bonds. The van der Waals surface area contributed by atoms with E-state index in [-0.39, 0.29) is 17.3 Å². The molecule has 132 valence electrons. The highest BCUT2D eigenvalue weighted by Crippen LogP contribution is 2.33. The molecule has 0 aliphatic rings. The molecule has 3 heterocycles. The van der Waals surface area contributed by atoms with Crippen molar-refractivity contribution in [3.8, 4) is 0 Å². The van der Waals surface area contributed by atoms with Crippen LogP contribution in [-0.2, 0) is 0 Å². The first-order valence-electron chi connectivity index (χ1n) is 8.00. The highest BCUT2D eigenvalue weighted by molar-refractivity contribution is 5.92. The molecule has 9 heteroatoms. The van der Waals surface area contributed by atoms with Crippen LogP contribution in [0.3, 0.4) is 0 Å². The average Bonchev–Trinajstić information content (AvgIpc) is 2.69. The fourth-order valence-electron chi connectivity index (χ4n) is 2.63. The Morgan fingerprint density at radius 2 is 1.59 bits per heavy atom. The van der Waals surface area contributed by atoms with Gasteiger partial charge in [0.05, 0.1) is 16.1 Å². The third-order valence-corrected chi connectivity index (χ3v) is 3.80. The molecule has 4 rings (SSSR count). The van der Waals surface area contributed by atoms with Crippen LogP contribution < -0.4 is 10.6 Å². The van der Waals surface area contributed by atoms with Gasteiger partial charge < -0.3 is 10.6 Å². The van der Waals surface area contributed by atoms with Gasteiger partial charge >= 0.3 is 5.69 Å². The summed E-state index contributed by atoms with van der Waals surface area (Å²) in [6.45, 7) is 0. The molecule has 3 aromatic heterocycles. The zero-order chi connectivity index (χ0) is 18.6. The summed E-state index contributed by atoms with van der Waals surface area (Å²) in [5.74, 6) is 0.549. The third kappa shape index (κ3) is 3.33. The molecule has 0 aliphatic carbocycles. The maximum absolute atomic E-state index is 11.7. The van der Waals surface area contributed by atoms with Crippen LogP contribution in [0.15, 0.2) is 67.3 Å². The lowest BCUT2D eigenvalue weighted by Crippen LogP contribution is -2.06. The van der Waals surface area contributed by atoms with Crippen molar-refractivity contribution in [3.05, 3.63) is 77.4 Å². The van der Waals surface area contributed by atoms with E-state index >= 15 is 0 Å². The van der Waals surface area contributed by atoms with Gasteiger partial charge in [-0.05, 0) is 24.3 Å². The number of rotatable bonds is 5. The van der Waals surface area contributed by atoms with Crippen LogP contribution in [0.1, 0.15) is 0 Å². The van der Waals surface area contributed by atoms with Crippen LogP contribution >= 0.6 is 0 Å². The Hall–Kier alpha value is -4.14. The number of benzene rings is 1. The predicted octanol–water partition coefficient (Wildman–Crippen LogP) is 3.82. The summed E-state index contributed by atoms with van der Waals surface area (Å²) < 4.78 is 0. The van der Waals surface area contributed by atoms with Crippen molar-refractivity contribution in [1.29, 1.82) is 0 Å². The molecule has 0 atom stereocenters. The van der Waals surface area contributed by atoms with Crippen LogP contribution in [0.25, 0.3) is 10.9 Å². The van der Waals surface area contributed by atoms with E-state index in [1.807, 2.05) is 24.3 Å². The Balaban J connectivity index is 1.76. The van der Waals surface area contributed by atoms with Gasteiger partial charge in [-0.25, -0.2) is 15.0 Å². The monoisotopic (exact) mass is 359 g/mol. The van der Waals surface area contributed by atoms with E-state index in [0.717, 1.165) is 5.39 Å². The van der Waals surface area contributed by atoms with Crippen molar-refractivity contribution in [2.24, 2.45) is 0 Å². The van der Waals surface area contributed by atoms with Gasteiger partial charge in [-0.3, -0.25) is 15.1 Å². The first-order chi connectivity index (χ1) is 13.2. The van der Waals surface area contributed by atoms with Gasteiger partial charge in [0.1, 0.15) is 12.1 Å². The van der Waals surface area contributed by atoms with Gasteiger partial charge in [0.15, 0.2) is 0 Å². The smallest absolute Gasteiger partial charge is 0.332 e. The number of nitro groups is 1. The lowest BCUT2D eigenvalue weighted by Gasteiger charge is -2.11. The fourth-order valence-corrected chi connectivity index (χ4v) is 2.63. The third-order valence-electron chi connectivity index (χ3n) is 3.80. The topological polar surface area (TPSA) is 119 Å². The van der Waals surface area contributed by atoms with Gasteiger partial charge in [-0.1, -0.05) is 24.3 Å². The number of para-hydroxylation sites is 1. The average molecular weight is 359 g/mol. The van der Waals surface area contributed by atoms with E-state index in [4.69, 9.17) is 0 Å². The number of hydrogen-bond donors (Lipinski definition) is 2. The van der Waals surface area contributed by atoms with E-state index < -0.39 is 4.92 Å². The molecule has 0 saturated heterocycles.